The fourth-order valence-electron chi connectivity index (χ4n) is 6.19. The normalized spacial score (nSPS) is 14.1. The monoisotopic (exact) mass is 834 g/mol. The first-order valence-electron chi connectivity index (χ1n) is 23.4. The van der Waals surface area contributed by atoms with Crippen LogP contribution in [-0.4, -0.2) is 49.9 Å². The van der Waals surface area contributed by atoms with Crippen molar-refractivity contribution in [2.45, 2.75) is 200 Å². The van der Waals surface area contributed by atoms with Crippen molar-refractivity contribution in [1.29, 1.82) is 0 Å². The van der Waals surface area contributed by atoms with Crippen LogP contribution in [0.3, 0.4) is 0 Å². The van der Waals surface area contributed by atoms with Crippen LogP contribution in [0.15, 0.2) is 72.9 Å². The van der Waals surface area contributed by atoms with E-state index in [0.29, 0.717) is 13.0 Å². The summed E-state index contributed by atoms with van der Waals surface area (Å²) in [5.74, 6) is -0.341. The molecule has 0 spiro atoms. The highest BCUT2D eigenvalue weighted by molar-refractivity contribution is 7.47. The molecule has 0 heterocycles. The molecule has 3 N–H and O–H groups in total. The van der Waals surface area contributed by atoms with Crippen molar-refractivity contribution in [2.24, 2.45) is 5.73 Å². The van der Waals surface area contributed by atoms with Gasteiger partial charge < -0.3 is 20.1 Å². The van der Waals surface area contributed by atoms with E-state index in [0.717, 1.165) is 77.0 Å². The third-order valence-electron chi connectivity index (χ3n) is 9.61. The van der Waals surface area contributed by atoms with Gasteiger partial charge in [-0.15, -0.1) is 0 Å². The van der Waals surface area contributed by atoms with Gasteiger partial charge in [-0.3, -0.25) is 13.8 Å². The van der Waals surface area contributed by atoms with Gasteiger partial charge in [0, 0.05) is 19.6 Å². The van der Waals surface area contributed by atoms with E-state index in [1.807, 2.05) is 0 Å². The van der Waals surface area contributed by atoms with Crippen LogP contribution in [0.1, 0.15) is 194 Å². The largest absolute Gasteiger partial charge is 0.472 e. The third kappa shape index (κ3) is 45.0. The molecule has 0 aliphatic rings. The van der Waals surface area contributed by atoms with Crippen LogP contribution < -0.4 is 5.73 Å². The fourth-order valence-corrected chi connectivity index (χ4v) is 6.96. The SMILES string of the molecule is CC/C=C\C/C=C\C/C=C\C/C=C\CCCCCCCCCCCCC(=O)OC(COCCCCCCCC/C=C\C/C=C\CCCCC)COP(=O)(O)OCCN. The maximum Gasteiger partial charge on any atom is 0.472 e. The van der Waals surface area contributed by atoms with Crippen LogP contribution in [0.25, 0.3) is 0 Å². The van der Waals surface area contributed by atoms with E-state index < -0.39 is 13.9 Å². The summed E-state index contributed by atoms with van der Waals surface area (Å²) in [7, 11) is -4.29. The Balaban J connectivity index is 4.01. The fraction of sp³-hybridized carbons (Fsp3) is 0.735. The molecule has 0 rings (SSSR count). The lowest BCUT2D eigenvalue weighted by Gasteiger charge is -2.20. The summed E-state index contributed by atoms with van der Waals surface area (Å²) in [5, 5.41) is 0. The van der Waals surface area contributed by atoms with Crippen LogP contribution in [-0.2, 0) is 27.9 Å². The number of hydrogen-bond acceptors (Lipinski definition) is 7. The molecule has 0 aromatic heterocycles. The van der Waals surface area contributed by atoms with Crippen molar-refractivity contribution in [3.05, 3.63) is 72.9 Å². The molecule has 0 amide bonds. The van der Waals surface area contributed by atoms with Crippen molar-refractivity contribution in [3.63, 3.8) is 0 Å². The zero-order valence-electron chi connectivity index (χ0n) is 37.3. The Morgan fingerprint density at radius 2 is 0.966 bits per heavy atom. The number of nitrogens with two attached hydrogens (primary N) is 1. The van der Waals surface area contributed by atoms with Crippen molar-refractivity contribution in [1.82, 2.24) is 0 Å². The van der Waals surface area contributed by atoms with Gasteiger partial charge in [0.15, 0.2) is 0 Å². The van der Waals surface area contributed by atoms with Gasteiger partial charge in [-0.2, -0.15) is 0 Å². The molecule has 8 nitrogen and oxygen atoms in total. The predicted molar refractivity (Wildman–Crippen MR) is 247 cm³/mol. The number of unbranched alkanes of at least 4 members (excludes halogenated alkanes) is 19. The lowest BCUT2D eigenvalue weighted by molar-refractivity contribution is -0.154. The van der Waals surface area contributed by atoms with E-state index in [-0.39, 0.29) is 32.3 Å². The van der Waals surface area contributed by atoms with Crippen LogP contribution in [0.4, 0.5) is 0 Å². The molecular weight excluding hydrogens is 746 g/mol. The lowest BCUT2D eigenvalue weighted by atomic mass is 10.0. The summed E-state index contributed by atoms with van der Waals surface area (Å²) >= 11 is 0. The first kappa shape index (κ1) is 55.9. The standard InChI is InChI=1S/C49H88NO7P/c1-3-5-7-9-11-13-15-17-19-21-22-23-24-25-26-27-28-30-32-34-36-38-40-42-49(51)57-48(47-56-58(52,53)55-45-43-50)46-54-44-41-39-37-35-33-31-29-20-18-16-14-12-10-8-6-4-2/h5,7,11-14,17-20,22-23,48H,3-4,6,8-10,15-16,21,24-47,50H2,1-2H3,(H,52,53)/b7-5-,13-11-,14-12-,19-17-,20-18-,23-22-. The number of allylic oxidation sites excluding steroid dienone is 12. The Kier molecular flexibility index (Phi) is 44.4. The molecule has 2 unspecified atom stereocenters. The molecule has 0 saturated carbocycles. The minimum Gasteiger partial charge on any atom is -0.457 e. The van der Waals surface area contributed by atoms with E-state index in [4.69, 9.17) is 24.3 Å². The number of rotatable bonds is 44. The molecular formula is C49H88NO7P. The van der Waals surface area contributed by atoms with E-state index in [2.05, 4.69) is 86.8 Å². The number of ether oxygens (including phenoxy) is 2. The number of carbonyl (C=O) groups excluding carboxylic acids is 1. The van der Waals surface area contributed by atoms with Crippen LogP contribution in [0.2, 0.25) is 0 Å². The lowest BCUT2D eigenvalue weighted by Crippen LogP contribution is -2.28. The second-order valence-electron chi connectivity index (χ2n) is 15.2. The number of phosphoric acid groups is 1. The molecule has 0 saturated heterocycles. The highest BCUT2D eigenvalue weighted by Crippen LogP contribution is 2.43. The molecule has 58 heavy (non-hydrogen) atoms. The number of phosphoric ester groups is 1. The first-order valence-corrected chi connectivity index (χ1v) is 24.9. The quantitative estimate of drug-likeness (QED) is 0.0270. The van der Waals surface area contributed by atoms with Gasteiger partial charge in [-0.25, -0.2) is 4.57 Å². The van der Waals surface area contributed by atoms with Crippen LogP contribution >= 0.6 is 7.82 Å². The highest BCUT2D eigenvalue weighted by atomic mass is 31.2. The van der Waals surface area contributed by atoms with Gasteiger partial charge in [0.1, 0.15) is 6.10 Å². The van der Waals surface area contributed by atoms with Crippen LogP contribution in [0.5, 0.6) is 0 Å². The third-order valence-corrected chi connectivity index (χ3v) is 10.6. The van der Waals surface area contributed by atoms with Gasteiger partial charge in [0.2, 0.25) is 0 Å². The van der Waals surface area contributed by atoms with Gasteiger partial charge in [0.25, 0.3) is 0 Å². The number of esters is 1. The minimum absolute atomic E-state index is 0.0946. The Bertz CT molecular complexity index is 1120. The average molecular weight is 834 g/mol. The van der Waals surface area contributed by atoms with Crippen LogP contribution in [0, 0.1) is 0 Å². The van der Waals surface area contributed by atoms with Crippen molar-refractivity contribution >= 4 is 13.8 Å². The van der Waals surface area contributed by atoms with Gasteiger partial charge in [-0.1, -0.05) is 177 Å². The molecule has 0 fully saturated rings. The molecule has 336 valence electrons. The van der Waals surface area contributed by atoms with E-state index >= 15 is 0 Å². The van der Waals surface area contributed by atoms with E-state index in [1.54, 1.807) is 0 Å². The minimum atomic E-state index is -4.29. The van der Waals surface area contributed by atoms with Crippen molar-refractivity contribution < 1.29 is 32.8 Å². The summed E-state index contributed by atoms with van der Waals surface area (Å²) in [6.07, 6.45) is 57.8. The molecule has 0 aliphatic heterocycles. The predicted octanol–water partition coefficient (Wildman–Crippen LogP) is 14.3. The molecule has 2 atom stereocenters. The van der Waals surface area contributed by atoms with Crippen molar-refractivity contribution in [2.75, 3.05) is 33.0 Å². The first-order chi connectivity index (χ1) is 28.4. The number of hydrogen-bond donors (Lipinski definition) is 2. The molecule has 0 aliphatic carbocycles. The Morgan fingerprint density at radius 1 is 0.534 bits per heavy atom. The summed E-state index contributed by atoms with van der Waals surface area (Å²) in [6, 6.07) is 0. The topological polar surface area (TPSA) is 117 Å². The van der Waals surface area contributed by atoms with Gasteiger partial charge >= 0.3 is 13.8 Å². The molecule has 0 bridgehead atoms. The Labute approximate surface area is 356 Å². The Morgan fingerprint density at radius 3 is 1.45 bits per heavy atom. The summed E-state index contributed by atoms with van der Waals surface area (Å²) < 4.78 is 33.5. The molecule has 0 aromatic rings. The Hall–Kier alpha value is -2.06. The molecule has 0 radical (unpaired) electrons. The maximum atomic E-state index is 12.6. The summed E-state index contributed by atoms with van der Waals surface area (Å²) in [5.41, 5.74) is 5.38. The molecule has 9 heteroatoms. The average Bonchev–Trinajstić information content (AvgIpc) is 3.21. The zero-order chi connectivity index (χ0) is 42.3. The molecule has 0 aromatic carbocycles. The number of carbonyl (C=O) groups is 1. The second kappa shape index (κ2) is 46.0. The van der Waals surface area contributed by atoms with E-state index in [9.17, 15) is 14.3 Å². The zero-order valence-corrected chi connectivity index (χ0v) is 38.2. The van der Waals surface area contributed by atoms with Crippen molar-refractivity contribution in [3.8, 4) is 0 Å². The summed E-state index contributed by atoms with van der Waals surface area (Å²) in [6.45, 7) is 4.75. The van der Waals surface area contributed by atoms with Gasteiger partial charge in [0.05, 0.1) is 19.8 Å². The maximum absolute atomic E-state index is 12.6. The smallest absolute Gasteiger partial charge is 0.457 e. The van der Waals surface area contributed by atoms with Gasteiger partial charge in [-0.05, 0) is 83.5 Å². The highest BCUT2D eigenvalue weighted by Gasteiger charge is 2.25. The second-order valence-corrected chi connectivity index (χ2v) is 16.7. The summed E-state index contributed by atoms with van der Waals surface area (Å²) in [4.78, 5) is 22.5. The van der Waals surface area contributed by atoms with E-state index in [1.165, 1.54) is 96.3 Å².